The Hall–Kier alpha value is -3.24. The molecule has 0 aliphatic carbocycles. The van der Waals surface area contributed by atoms with Gasteiger partial charge in [0.2, 0.25) is 0 Å². The minimum absolute atomic E-state index is 0.0248. The third-order valence-electron chi connectivity index (χ3n) is 4.34. The maximum atomic E-state index is 12.8. The lowest BCUT2D eigenvalue weighted by atomic mass is 10.2. The molecule has 0 amide bonds. The van der Waals surface area contributed by atoms with E-state index in [1.54, 1.807) is 29.6 Å². The topological polar surface area (TPSA) is 107 Å². The molecule has 0 bridgehead atoms. The maximum Gasteiger partial charge on any atom is 0.338 e. The molecule has 0 saturated carbocycles. The summed E-state index contributed by atoms with van der Waals surface area (Å²) < 4.78 is 31.8. The summed E-state index contributed by atoms with van der Waals surface area (Å²) in [4.78, 5) is 22.6. The maximum absolute atomic E-state index is 12.8. The summed E-state index contributed by atoms with van der Waals surface area (Å²) in [6, 6.07) is 13.8. The quantitative estimate of drug-likeness (QED) is 0.307. The van der Waals surface area contributed by atoms with E-state index in [2.05, 4.69) is 0 Å². The molecule has 0 unspecified atom stereocenters. The summed E-state index contributed by atoms with van der Waals surface area (Å²) in [5.41, 5.74) is 2.11. The molecule has 0 aliphatic heterocycles. The third-order valence-corrected chi connectivity index (χ3v) is 7.06. The van der Waals surface area contributed by atoms with E-state index < -0.39 is 20.9 Å². The molecule has 0 atom stereocenters. The molecule has 0 spiro atoms. The van der Waals surface area contributed by atoms with Crippen LogP contribution in [-0.4, -0.2) is 26.4 Å². The predicted molar refractivity (Wildman–Crippen MR) is 113 cm³/mol. The number of hydrogen-bond acceptors (Lipinski definition) is 7. The van der Waals surface area contributed by atoms with Crippen molar-refractivity contribution in [2.75, 3.05) is 11.4 Å². The van der Waals surface area contributed by atoms with Crippen molar-refractivity contribution in [3.8, 4) is 0 Å². The number of aryl methyl sites for hydroxylation is 1. The van der Waals surface area contributed by atoms with Crippen LogP contribution in [-0.2, 0) is 21.4 Å². The summed E-state index contributed by atoms with van der Waals surface area (Å²) in [5, 5.41) is 12.2. The third kappa shape index (κ3) is 4.66. The molecule has 3 rings (SSSR count). The van der Waals surface area contributed by atoms with Gasteiger partial charge in [-0.3, -0.25) is 14.4 Å². The van der Waals surface area contributed by atoms with Crippen LogP contribution in [0.25, 0.3) is 0 Å². The second-order valence-corrected chi connectivity index (χ2v) is 9.32. The standard InChI is InChI=1S/C20H18N2O6S2/c1-14-3-9-18(10-4-14)30(26,27)21(2)17-7-5-16(6-8-17)20(23)28-12-15-11-19(22(24)25)29-13-15/h3-11,13H,12H2,1-2H3. The zero-order valence-corrected chi connectivity index (χ0v) is 17.8. The first-order valence-electron chi connectivity index (χ1n) is 8.73. The minimum atomic E-state index is -3.73. The van der Waals surface area contributed by atoms with Crippen molar-refractivity contribution in [2.24, 2.45) is 0 Å². The van der Waals surface area contributed by atoms with Gasteiger partial charge in [0.1, 0.15) is 6.61 Å². The molecule has 0 saturated heterocycles. The molecular weight excluding hydrogens is 428 g/mol. The van der Waals surface area contributed by atoms with Crippen LogP contribution < -0.4 is 4.31 Å². The number of rotatable bonds is 7. The number of esters is 1. The van der Waals surface area contributed by atoms with E-state index in [1.165, 1.54) is 37.4 Å². The fraction of sp³-hybridized carbons (Fsp3) is 0.150. The smallest absolute Gasteiger partial charge is 0.338 e. The van der Waals surface area contributed by atoms with Gasteiger partial charge in [-0.25, -0.2) is 13.2 Å². The second kappa shape index (κ2) is 8.64. The largest absolute Gasteiger partial charge is 0.457 e. The number of carbonyl (C=O) groups is 1. The van der Waals surface area contributed by atoms with Gasteiger partial charge in [-0.2, -0.15) is 0 Å². The Bertz CT molecular complexity index is 1170. The number of sulfonamides is 1. The number of thiophene rings is 1. The molecule has 8 nitrogen and oxygen atoms in total. The van der Waals surface area contributed by atoms with Crippen molar-refractivity contribution < 1.29 is 22.9 Å². The van der Waals surface area contributed by atoms with Crippen LogP contribution >= 0.6 is 11.3 Å². The summed E-state index contributed by atoms with van der Waals surface area (Å²) in [7, 11) is -2.29. The normalized spacial score (nSPS) is 11.1. The number of nitrogens with zero attached hydrogens (tertiary/aromatic N) is 2. The highest BCUT2D eigenvalue weighted by atomic mass is 32.2. The van der Waals surface area contributed by atoms with Crippen LogP contribution in [0, 0.1) is 17.0 Å². The van der Waals surface area contributed by atoms with Gasteiger partial charge in [-0.1, -0.05) is 29.0 Å². The molecule has 3 aromatic rings. The molecule has 1 heterocycles. The highest BCUT2D eigenvalue weighted by Gasteiger charge is 2.21. The van der Waals surface area contributed by atoms with Gasteiger partial charge in [-0.05, 0) is 43.3 Å². The minimum Gasteiger partial charge on any atom is -0.457 e. The highest BCUT2D eigenvalue weighted by Crippen LogP contribution is 2.25. The van der Waals surface area contributed by atoms with E-state index in [9.17, 15) is 23.3 Å². The Balaban J connectivity index is 1.68. The molecule has 2 aromatic carbocycles. The van der Waals surface area contributed by atoms with E-state index in [4.69, 9.17) is 4.74 Å². The van der Waals surface area contributed by atoms with Crippen LogP contribution in [0.5, 0.6) is 0 Å². The van der Waals surface area contributed by atoms with Crippen LogP contribution in [0.3, 0.4) is 0 Å². The van der Waals surface area contributed by atoms with Crippen LogP contribution in [0.2, 0.25) is 0 Å². The fourth-order valence-electron chi connectivity index (χ4n) is 2.58. The Kier molecular flexibility index (Phi) is 6.18. The molecule has 0 aliphatic rings. The number of carbonyl (C=O) groups excluding carboxylic acids is 1. The Morgan fingerprint density at radius 2 is 1.77 bits per heavy atom. The molecular formula is C20H18N2O6S2. The molecule has 156 valence electrons. The molecule has 0 fully saturated rings. The fourth-order valence-corrected chi connectivity index (χ4v) is 4.49. The van der Waals surface area contributed by atoms with Crippen molar-refractivity contribution in [2.45, 2.75) is 18.4 Å². The van der Waals surface area contributed by atoms with Gasteiger partial charge in [0.15, 0.2) is 0 Å². The summed E-state index contributed by atoms with van der Waals surface area (Å²) in [5.74, 6) is -0.612. The zero-order valence-electron chi connectivity index (χ0n) is 16.1. The molecule has 1 aromatic heterocycles. The molecule has 10 heteroatoms. The average Bonchev–Trinajstić information content (AvgIpc) is 3.21. The SMILES string of the molecule is Cc1ccc(S(=O)(=O)N(C)c2ccc(C(=O)OCc3csc([N+](=O)[O-])c3)cc2)cc1. The first kappa shape index (κ1) is 21.5. The van der Waals surface area contributed by atoms with Crippen molar-refractivity contribution in [1.29, 1.82) is 0 Å². The number of hydrogen-bond donors (Lipinski definition) is 0. The van der Waals surface area contributed by atoms with Gasteiger partial charge in [0, 0.05) is 24.1 Å². The molecule has 0 radical (unpaired) electrons. The number of anilines is 1. The number of benzene rings is 2. The molecule has 0 N–H and O–H groups in total. The first-order valence-corrected chi connectivity index (χ1v) is 11.0. The Morgan fingerprint density at radius 1 is 1.13 bits per heavy atom. The van der Waals surface area contributed by atoms with Gasteiger partial charge >= 0.3 is 11.0 Å². The van der Waals surface area contributed by atoms with E-state index in [0.717, 1.165) is 21.2 Å². The van der Waals surface area contributed by atoms with E-state index in [1.807, 2.05) is 6.92 Å². The lowest BCUT2D eigenvalue weighted by Gasteiger charge is -2.19. The van der Waals surface area contributed by atoms with E-state index in [0.29, 0.717) is 11.3 Å². The summed E-state index contributed by atoms with van der Waals surface area (Å²) >= 11 is 0.959. The monoisotopic (exact) mass is 446 g/mol. The van der Waals surface area contributed by atoms with Crippen LogP contribution in [0.15, 0.2) is 64.9 Å². The van der Waals surface area contributed by atoms with E-state index in [-0.39, 0.29) is 22.1 Å². The number of nitro groups is 1. The van der Waals surface area contributed by atoms with Crippen LogP contribution in [0.1, 0.15) is 21.5 Å². The van der Waals surface area contributed by atoms with Crippen molar-refractivity contribution in [1.82, 2.24) is 0 Å². The first-order chi connectivity index (χ1) is 14.2. The van der Waals surface area contributed by atoms with Gasteiger partial charge in [-0.15, -0.1) is 0 Å². The van der Waals surface area contributed by atoms with Gasteiger partial charge < -0.3 is 4.74 Å². The van der Waals surface area contributed by atoms with Crippen molar-refractivity contribution in [3.63, 3.8) is 0 Å². The van der Waals surface area contributed by atoms with Crippen LogP contribution in [0.4, 0.5) is 10.7 Å². The Morgan fingerprint density at radius 3 is 2.33 bits per heavy atom. The average molecular weight is 447 g/mol. The lowest BCUT2D eigenvalue weighted by molar-refractivity contribution is -0.380. The second-order valence-electron chi connectivity index (χ2n) is 6.46. The van der Waals surface area contributed by atoms with Gasteiger partial charge in [0.25, 0.3) is 10.0 Å². The molecule has 30 heavy (non-hydrogen) atoms. The zero-order chi connectivity index (χ0) is 21.9. The van der Waals surface area contributed by atoms with Crippen molar-refractivity contribution in [3.05, 3.63) is 86.8 Å². The Labute approximate surface area is 177 Å². The lowest BCUT2D eigenvalue weighted by Crippen LogP contribution is -2.26. The highest BCUT2D eigenvalue weighted by molar-refractivity contribution is 7.92. The van der Waals surface area contributed by atoms with Crippen molar-refractivity contribution >= 4 is 38.0 Å². The predicted octanol–water partition coefficient (Wildman–Crippen LogP) is 4.15. The summed E-state index contributed by atoms with van der Waals surface area (Å²) in [6.07, 6.45) is 0. The summed E-state index contributed by atoms with van der Waals surface area (Å²) in [6.45, 7) is 1.78. The number of ether oxygens (including phenoxy) is 1. The van der Waals surface area contributed by atoms with Gasteiger partial charge in [0.05, 0.1) is 21.1 Å². The van der Waals surface area contributed by atoms with E-state index >= 15 is 0 Å².